The van der Waals surface area contributed by atoms with E-state index in [1.807, 2.05) is 19.9 Å². The van der Waals surface area contributed by atoms with Crippen LogP contribution in [0.15, 0.2) is 52.5 Å². The highest BCUT2D eigenvalue weighted by Gasteiger charge is 2.57. The van der Waals surface area contributed by atoms with E-state index in [1.165, 1.54) is 17.7 Å². The monoisotopic (exact) mass is 634 g/mol. The first-order valence-electron chi connectivity index (χ1n) is 15.3. The number of ether oxygens (including phenoxy) is 2. The average Bonchev–Trinajstić information content (AvgIpc) is 3.46. The Morgan fingerprint density at radius 1 is 0.750 bits per heavy atom. The van der Waals surface area contributed by atoms with Gasteiger partial charge >= 0.3 is 0 Å². The van der Waals surface area contributed by atoms with Crippen LogP contribution in [-0.4, -0.2) is 72.7 Å². The fourth-order valence-electron chi connectivity index (χ4n) is 6.50. The molecule has 3 fully saturated rings. The van der Waals surface area contributed by atoms with E-state index in [9.17, 15) is 22.8 Å². The number of rotatable bonds is 2. The number of aryl methyl sites for hydroxylation is 1. The van der Waals surface area contributed by atoms with Crippen LogP contribution < -0.4 is 0 Å². The first-order chi connectivity index (χ1) is 20.7. The number of benzene rings is 1. The summed E-state index contributed by atoms with van der Waals surface area (Å²) in [5.41, 5.74) is 2.93. The third kappa shape index (κ3) is 8.38. The molecule has 5 aliphatic rings. The van der Waals surface area contributed by atoms with Gasteiger partial charge in [0.2, 0.25) is 0 Å². The lowest BCUT2D eigenvalue weighted by Gasteiger charge is -2.50. The van der Waals surface area contributed by atoms with Gasteiger partial charge in [-0.05, 0) is 76.7 Å². The Kier molecular flexibility index (Phi) is 12.4. The number of hydrogen-bond acceptors (Lipinski definition) is 9. The third-order valence-corrected chi connectivity index (χ3v) is 10.1. The SMILES string of the molecule is C[C@]12CCC(=O)C=C1CCCC21OCCO1.C[C@]12CCC(=O)C=C1CCCC2=O.Cc1ccc(S(=O)(=O)O)cc1.OCCO. The lowest BCUT2D eigenvalue weighted by molar-refractivity contribution is -0.237. The Labute approximate surface area is 260 Å². The highest BCUT2D eigenvalue weighted by atomic mass is 32.2. The van der Waals surface area contributed by atoms with Gasteiger partial charge in [-0.1, -0.05) is 35.8 Å². The molecule has 11 heteroatoms. The number of allylic oxidation sites excluding steroid dienone is 3. The second-order valence-corrected chi connectivity index (χ2v) is 13.7. The molecule has 1 heterocycles. The Morgan fingerprint density at radius 3 is 1.86 bits per heavy atom. The molecule has 1 aromatic rings. The van der Waals surface area contributed by atoms with E-state index >= 15 is 0 Å². The van der Waals surface area contributed by atoms with Crippen molar-refractivity contribution >= 4 is 27.5 Å². The fourth-order valence-corrected chi connectivity index (χ4v) is 6.98. The van der Waals surface area contributed by atoms with Gasteiger partial charge in [-0.25, -0.2) is 0 Å². The van der Waals surface area contributed by atoms with Gasteiger partial charge < -0.3 is 19.7 Å². The van der Waals surface area contributed by atoms with E-state index in [0.717, 1.165) is 56.1 Å². The van der Waals surface area contributed by atoms with Crippen LogP contribution >= 0.6 is 0 Å². The number of carbonyl (C=O) groups excluding carboxylic acids is 3. The summed E-state index contributed by atoms with van der Waals surface area (Å²) in [6.45, 7) is 7.17. The second-order valence-electron chi connectivity index (χ2n) is 12.3. The third-order valence-electron chi connectivity index (χ3n) is 9.26. The number of hydrogen-bond donors (Lipinski definition) is 3. The minimum atomic E-state index is -4.02. The van der Waals surface area contributed by atoms with E-state index in [4.69, 9.17) is 24.2 Å². The maximum Gasteiger partial charge on any atom is 0.294 e. The predicted molar refractivity (Wildman–Crippen MR) is 163 cm³/mol. The van der Waals surface area contributed by atoms with Crippen LogP contribution in [0.1, 0.15) is 83.6 Å². The maximum absolute atomic E-state index is 11.7. The largest absolute Gasteiger partial charge is 0.394 e. The van der Waals surface area contributed by atoms with Crippen molar-refractivity contribution in [2.75, 3.05) is 26.4 Å². The summed E-state index contributed by atoms with van der Waals surface area (Å²) >= 11 is 0. The molecule has 4 aliphatic carbocycles. The minimum Gasteiger partial charge on any atom is -0.394 e. The van der Waals surface area contributed by atoms with Crippen LogP contribution in [0.4, 0.5) is 0 Å². The molecule has 44 heavy (non-hydrogen) atoms. The summed E-state index contributed by atoms with van der Waals surface area (Å²) in [7, 11) is -4.02. The smallest absolute Gasteiger partial charge is 0.294 e. The van der Waals surface area contributed by atoms with Crippen molar-refractivity contribution in [2.45, 2.75) is 95.7 Å². The fraction of sp³-hybridized carbons (Fsp3) is 0.606. The topological polar surface area (TPSA) is 164 Å². The van der Waals surface area contributed by atoms with Crippen LogP contribution in [-0.2, 0) is 34.0 Å². The van der Waals surface area contributed by atoms with E-state index in [1.54, 1.807) is 18.2 Å². The Morgan fingerprint density at radius 2 is 1.30 bits per heavy atom. The molecule has 2 atom stereocenters. The number of fused-ring (bicyclic) bond motifs is 3. The molecular weight excluding hydrogens is 588 g/mol. The summed E-state index contributed by atoms with van der Waals surface area (Å²) < 4.78 is 41.4. The molecule has 6 rings (SSSR count). The van der Waals surface area contributed by atoms with Gasteiger partial charge in [-0.15, -0.1) is 0 Å². The van der Waals surface area contributed by atoms with Crippen molar-refractivity contribution in [3.05, 3.63) is 53.1 Å². The second kappa shape index (κ2) is 15.2. The van der Waals surface area contributed by atoms with Crippen LogP contribution in [0.25, 0.3) is 0 Å². The molecule has 0 amide bonds. The molecule has 1 aliphatic heterocycles. The van der Waals surface area contributed by atoms with Crippen molar-refractivity contribution in [2.24, 2.45) is 10.8 Å². The van der Waals surface area contributed by atoms with Gasteiger partial charge in [0.15, 0.2) is 17.4 Å². The molecule has 244 valence electrons. The van der Waals surface area contributed by atoms with Crippen LogP contribution in [0, 0.1) is 17.8 Å². The van der Waals surface area contributed by atoms with Crippen LogP contribution in [0.2, 0.25) is 0 Å². The molecule has 1 aromatic carbocycles. The van der Waals surface area contributed by atoms with E-state index in [2.05, 4.69) is 6.92 Å². The van der Waals surface area contributed by atoms with Gasteiger partial charge in [0.1, 0.15) is 5.78 Å². The Bertz CT molecular complexity index is 1350. The van der Waals surface area contributed by atoms with Crippen molar-refractivity contribution in [1.82, 2.24) is 0 Å². The summed E-state index contributed by atoms with van der Waals surface area (Å²) in [6.07, 6.45) is 12.0. The zero-order chi connectivity index (χ0) is 32.6. The maximum atomic E-state index is 11.7. The highest BCUT2D eigenvalue weighted by Crippen LogP contribution is 2.56. The Balaban J connectivity index is 0.000000173. The van der Waals surface area contributed by atoms with Crippen LogP contribution in [0.3, 0.4) is 0 Å². The molecule has 0 unspecified atom stereocenters. The summed E-state index contributed by atoms with van der Waals surface area (Å²) in [5, 5.41) is 15.2. The highest BCUT2D eigenvalue weighted by molar-refractivity contribution is 7.85. The average molecular weight is 635 g/mol. The standard InChI is InChI=1S/C13H18O3.C11H14O2.C7H8O3S.C2H6O2/c1-12-6-4-11(14)9-10(12)3-2-5-13(12)15-7-8-16-13;1-11-6-5-9(12)7-8(11)3-2-4-10(11)13;1-6-2-4-7(5-3-6)11(8,9)10;3-1-2-4/h9H,2-8H2,1H3;7H,2-6H2,1H3;2-5H,1H3,(H,8,9,10);3-4H,1-2H2/t12-;11-;;/m00../s1. The number of aliphatic hydroxyl groups excluding tert-OH is 2. The molecule has 2 saturated carbocycles. The normalized spacial score (nSPS) is 27.2. The molecule has 1 spiro atoms. The van der Waals surface area contributed by atoms with Crippen molar-refractivity contribution < 1.29 is 47.0 Å². The lowest BCUT2D eigenvalue weighted by Crippen LogP contribution is -2.52. The molecule has 0 radical (unpaired) electrons. The summed E-state index contributed by atoms with van der Waals surface area (Å²) in [5.74, 6) is 0.361. The lowest BCUT2D eigenvalue weighted by atomic mass is 9.62. The van der Waals surface area contributed by atoms with E-state index < -0.39 is 15.9 Å². The molecule has 0 bridgehead atoms. The Hall–Kier alpha value is -2.54. The number of Topliss-reactive ketones (excluding diaryl/α,β-unsaturated/α-hetero) is 1. The van der Waals surface area contributed by atoms with E-state index in [-0.39, 0.29) is 40.5 Å². The van der Waals surface area contributed by atoms with Gasteiger partial charge in [-0.2, -0.15) is 8.42 Å². The number of aliphatic hydroxyl groups is 2. The predicted octanol–water partition coefficient (Wildman–Crippen LogP) is 4.46. The quantitative estimate of drug-likeness (QED) is 0.396. The zero-order valence-corrected chi connectivity index (χ0v) is 26.8. The zero-order valence-electron chi connectivity index (χ0n) is 26.0. The number of carbonyl (C=O) groups is 3. The summed E-state index contributed by atoms with van der Waals surface area (Å²) in [6, 6.07) is 5.99. The molecule has 10 nitrogen and oxygen atoms in total. The summed E-state index contributed by atoms with van der Waals surface area (Å²) in [4.78, 5) is 34.3. The van der Waals surface area contributed by atoms with Gasteiger partial charge in [-0.3, -0.25) is 18.9 Å². The molecule has 0 aromatic heterocycles. The van der Waals surface area contributed by atoms with Crippen molar-refractivity contribution in [1.29, 1.82) is 0 Å². The first-order valence-corrected chi connectivity index (χ1v) is 16.7. The molecule has 1 saturated heterocycles. The minimum absolute atomic E-state index is 0.0666. The molecule has 3 N–H and O–H groups in total. The van der Waals surface area contributed by atoms with Gasteiger partial charge in [0.05, 0.1) is 31.3 Å². The molecular formula is C33H46O10S. The van der Waals surface area contributed by atoms with Gasteiger partial charge in [0.25, 0.3) is 10.1 Å². The van der Waals surface area contributed by atoms with E-state index in [0.29, 0.717) is 38.3 Å². The van der Waals surface area contributed by atoms with Crippen molar-refractivity contribution in [3.8, 4) is 0 Å². The van der Waals surface area contributed by atoms with Crippen LogP contribution in [0.5, 0.6) is 0 Å². The van der Waals surface area contributed by atoms with Crippen molar-refractivity contribution in [3.63, 3.8) is 0 Å². The first kappa shape index (κ1) is 35.9. The number of ketones is 3. The van der Waals surface area contributed by atoms with Gasteiger partial charge in [0, 0.05) is 36.5 Å².